The van der Waals surface area contributed by atoms with E-state index in [9.17, 15) is 19.7 Å². The van der Waals surface area contributed by atoms with E-state index < -0.39 is 10.9 Å². The Hall–Kier alpha value is -2.56. The van der Waals surface area contributed by atoms with Gasteiger partial charge in [-0.2, -0.15) is 4.68 Å². The van der Waals surface area contributed by atoms with Gasteiger partial charge >= 0.3 is 5.95 Å². The number of amides is 2. The second-order valence-corrected chi connectivity index (χ2v) is 4.66. The number of likely N-dealkylation sites (tertiary alicyclic amines) is 1. The summed E-state index contributed by atoms with van der Waals surface area (Å²) in [5, 5.41) is 14.0. The molecule has 1 aliphatic heterocycles. The fourth-order valence-corrected chi connectivity index (χ4v) is 2.19. The fourth-order valence-electron chi connectivity index (χ4n) is 2.19. The van der Waals surface area contributed by atoms with Crippen molar-refractivity contribution in [1.82, 2.24) is 25.1 Å². The average Bonchev–Trinajstić information content (AvgIpc) is 2.95. The summed E-state index contributed by atoms with van der Waals surface area (Å²) in [6.45, 7) is 0.760. The summed E-state index contributed by atoms with van der Waals surface area (Å²) >= 11 is 0. The number of nitrogens with zero attached hydrogens (tertiary/aromatic N) is 5. The first kappa shape index (κ1) is 14.8. The molecule has 2 rings (SSSR count). The van der Waals surface area contributed by atoms with Gasteiger partial charge in [0.1, 0.15) is 6.54 Å². The minimum Gasteiger partial charge on any atom is -0.390 e. The zero-order chi connectivity index (χ0) is 15.4. The molecular formula is C10H15N7O4. The van der Waals surface area contributed by atoms with Gasteiger partial charge in [-0.15, -0.1) is 0 Å². The molecule has 1 fully saturated rings. The van der Waals surface area contributed by atoms with Gasteiger partial charge in [0.25, 0.3) is 0 Å². The predicted octanol–water partition coefficient (Wildman–Crippen LogP) is -1.59. The van der Waals surface area contributed by atoms with Crippen LogP contribution >= 0.6 is 0 Å². The molecule has 1 aromatic rings. The molecule has 0 unspecified atom stereocenters. The molecule has 0 aromatic carbocycles. The molecule has 2 heterocycles. The Bertz CT molecular complexity index is 549. The lowest BCUT2D eigenvalue weighted by atomic mass is 9.96. The molecule has 0 atom stereocenters. The van der Waals surface area contributed by atoms with Crippen LogP contribution in [0.15, 0.2) is 6.33 Å². The first-order valence-electron chi connectivity index (χ1n) is 6.33. The first-order valence-corrected chi connectivity index (χ1v) is 6.33. The van der Waals surface area contributed by atoms with Crippen molar-refractivity contribution < 1.29 is 14.5 Å². The maximum atomic E-state index is 12.0. The van der Waals surface area contributed by atoms with Gasteiger partial charge in [-0.3, -0.25) is 15.0 Å². The predicted molar refractivity (Wildman–Crippen MR) is 68.3 cm³/mol. The van der Waals surface area contributed by atoms with E-state index in [0.717, 1.165) is 11.0 Å². The number of nitrogens with one attached hydrogen (secondary N) is 1. The van der Waals surface area contributed by atoms with Crippen molar-refractivity contribution in [3.8, 4) is 0 Å². The first-order chi connectivity index (χ1) is 10.0. The molecule has 11 heteroatoms. The van der Waals surface area contributed by atoms with E-state index in [-0.39, 0.29) is 24.3 Å². The third-order valence-electron chi connectivity index (χ3n) is 3.35. The maximum Gasteiger partial charge on any atom is 0.490 e. The summed E-state index contributed by atoms with van der Waals surface area (Å²) in [4.78, 5) is 38.2. The van der Waals surface area contributed by atoms with Crippen LogP contribution in [0.5, 0.6) is 0 Å². The normalized spacial score (nSPS) is 15.8. The third kappa shape index (κ3) is 3.51. The van der Waals surface area contributed by atoms with Crippen molar-refractivity contribution in [2.24, 2.45) is 11.8 Å². The van der Waals surface area contributed by atoms with Gasteiger partial charge in [0, 0.05) is 24.1 Å². The Morgan fingerprint density at radius 3 is 2.67 bits per heavy atom. The number of nitrogens with two attached hydrogens (primary N) is 1. The van der Waals surface area contributed by atoms with E-state index in [1.165, 1.54) is 0 Å². The number of aromatic nitrogens is 3. The molecule has 3 N–H and O–H groups in total. The highest BCUT2D eigenvalue weighted by Gasteiger charge is 2.27. The van der Waals surface area contributed by atoms with Gasteiger partial charge in [0.05, 0.1) is 0 Å². The lowest BCUT2D eigenvalue weighted by Crippen LogP contribution is -2.45. The second-order valence-electron chi connectivity index (χ2n) is 4.66. The van der Waals surface area contributed by atoms with Crippen molar-refractivity contribution in [2.45, 2.75) is 19.4 Å². The number of hydrogen-bond acceptors (Lipinski definition) is 7. The summed E-state index contributed by atoms with van der Waals surface area (Å²) < 4.78 is 1.12. The van der Waals surface area contributed by atoms with Gasteiger partial charge in [-0.25, -0.2) is 5.84 Å². The minimum absolute atomic E-state index is 0.116. The largest absolute Gasteiger partial charge is 0.490 e. The van der Waals surface area contributed by atoms with Crippen LogP contribution in [0.3, 0.4) is 0 Å². The van der Waals surface area contributed by atoms with Gasteiger partial charge in [-0.05, 0) is 17.8 Å². The van der Waals surface area contributed by atoms with E-state index >= 15 is 0 Å². The topological polar surface area (TPSA) is 149 Å². The lowest BCUT2D eigenvalue weighted by Gasteiger charge is -2.30. The van der Waals surface area contributed by atoms with Crippen LogP contribution in [-0.4, -0.2) is 49.5 Å². The molecule has 1 aromatic heterocycles. The molecule has 0 bridgehead atoms. The summed E-state index contributed by atoms with van der Waals surface area (Å²) in [5.74, 6) is 3.89. The summed E-state index contributed by atoms with van der Waals surface area (Å²) in [5.41, 5.74) is 2.10. The van der Waals surface area contributed by atoms with Crippen LogP contribution in [0.25, 0.3) is 0 Å². The molecule has 0 spiro atoms. The highest BCUT2D eigenvalue weighted by molar-refractivity contribution is 5.79. The maximum absolute atomic E-state index is 12.0. The Balaban J connectivity index is 1.87. The van der Waals surface area contributed by atoms with Gasteiger partial charge in [0.15, 0.2) is 0 Å². The molecule has 1 aliphatic rings. The Morgan fingerprint density at radius 1 is 1.48 bits per heavy atom. The number of rotatable bonds is 4. The zero-order valence-electron chi connectivity index (χ0n) is 11.1. The highest BCUT2D eigenvalue weighted by Crippen LogP contribution is 2.17. The molecule has 0 aliphatic carbocycles. The number of piperidine rings is 1. The molecular weight excluding hydrogens is 282 g/mol. The fraction of sp³-hybridized carbons (Fsp3) is 0.600. The van der Waals surface area contributed by atoms with Crippen LogP contribution < -0.4 is 11.3 Å². The van der Waals surface area contributed by atoms with Crippen molar-refractivity contribution in [2.75, 3.05) is 13.1 Å². The van der Waals surface area contributed by atoms with E-state index in [0.29, 0.717) is 25.9 Å². The number of carbonyl (C=O) groups is 2. The number of carbonyl (C=O) groups excluding carboxylic acids is 2. The van der Waals surface area contributed by atoms with Gasteiger partial charge in [0.2, 0.25) is 18.1 Å². The van der Waals surface area contributed by atoms with E-state index in [2.05, 4.69) is 15.5 Å². The summed E-state index contributed by atoms with van der Waals surface area (Å²) in [6, 6.07) is 0. The smallest absolute Gasteiger partial charge is 0.390 e. The average molecular weight is 297 g/mol. The summed E-state index contributed by atoms with van der Waals surface area (Å²) in [7, 11) is 0. The van der Waals surface area contributed by atoms with Crippen LogP contribution in [0, 0.1) is 16.0 Å². The molecule has 2 amide bonds. The molecule has 0 radical (unpaired) electrons. The van der Waals surface area contributed by atoms with E-state index in [1.54, 1.807) is 4.90 Å². The van der Waals surface area contributed by atoms with Crippen LogP contribution in [-0.2, 0) is 16.1 Å². The van der Waals surface area contributed by atoms with Crippen molar-refractivity contribution in [3.63, 3.8) is 0 Å². The minimum atomic E-state index is -0.724. The quantitative estimate of drug-likeness (QED) is 0.294. The van der Waals surface area contributed by atoms with Crippen LogP contribution in [0.4, 0.5) is 5.95 Å². The van der Waals surface area contributed by atoms with Gasteiger partial charge in [-0.1, -0.05) is 4.98 Å². The Kier molecular flexibility index (Phi) is 4.42. The zero-order valence-corrected chi connectivity index (χ0v) is 11.1. The molecule has 1 saturated heterocycles. The molecule has 11 nitrogen and oxygen atoms in total. The van der Waals surface area contributed by atoms with Crippen LogP contribution in [0.1, 0.15) is 12.8 Å². The van der Waals surface area contributed by atoms with Gasteiger partial charge < -0.3 is 15.0 Å². The summed E-state index contributed by atoms with van der Waals surface area (Å²) in [6.07, 6.45) is 2.21. The molecule has 0 saturated carbocycles. The molecule has 114 valence electrons. The number of hydrazine groups is 1. The van der Waals surface area contributed by atoms with E-state index in [1.807, 2.05) is 0 Å². The van der Waals surface area contributed by atoms with Crippen molar-refractivity contribution in [3.05, 3.63) is 16.4 Å². The Labute approximate surface area is 119 Å². The van der Waals surface area contributed by atoms with E-state index in [4.69, 9.17) is 5.84 Å². The van der Waals surface area contributed by atoms with Crippen LogP contribution in [0.2, 0.25) is 0 Å². The number of nitro groups is 1. The second kappa shape index (κ2) is 6.26. The monoisotopic (exact) mass is 297 g/mol. The third-order valence-corrected chi connectivity index (χ3v) is 3.35. The highest BCUT2D eigenvalue weighted by atomic mass is 16.6. The van der Waals surface area contributed by atoms with Crippen molar-refractivity contribution in [1.29, 1.82) is 0 Å². The van der Waals surface area contributed by atoms with Crippen molar-refractivity contribution >= 4 is 17.8 Å². The lowest BCUT2D eigenvalue weighted by molar-refractivity contribution is -0.394. The SMILES string of the molecule is NNC(=O)C1CCN(C(=O)Cn2cnc([N+](=O)[O-])n2)CC1. The number of hydrogen-bond donors (Lipinski definition) is 2. The molecule has 21 heavy (non-hydrogen) atoms. The standard InChI is InChI=1S/C10H15N7O4/c11-13-9(19)7-1-3-15(4-2-7)8(18)5-16-6-12-10(14-16)17(20)21/h6-7H,1-5,11H2,(H,13,19). The Morgan fingerprint density at radius 2 is 2.14 bits per heavy atom.